The number of anilines is 1. The van der Waals surface area contributed by atoms with Crippen molar-refractivity contribution in [3.8, 4) is 0 Å². The Morgan fingerprint density at radius 3 is 2.90 bits per heavy atom. The van der Waals surface area contributed by atoms with E-state index in [2.05, 4.69) is 10.2 Å². The summed E-state index contributed by atoms with van der Waals surface area (Å²) in [4.78, 5) is 14.0. The molecule has 21 heavy (non-hydrogen) atoms. The molecule has 0 saturated carbocycles. The highest BCUT2D eigenvalue weighted by Gasteiger charge is 2.26. The van der Waals surface area contributed by atoms with Crippen LogP contribution in [0.4, 0.5) is 10.5 Å². The lowest BCUT2D eigenvalue weighted by Crippen LogP contribution is -2.40. The lowest BCUT2D eigenvalue weighted by molar-refractivity contribution is 0.0509. The Hall–Kier alpha value is -1.75. The molecule has 1 amide bonds. The first-order chi connectivity index (χ1) is 9.87. The van der Waals surface area contributed by atoms with Crippen LogP contribution in [0.2, 0.25) is 0 Å². The summed E-state index contributed by atoms with van der Waals surface area (Å²) in [7, 11) is 0. The molecule has 0 bridgehead atoms. The molecule has 1 saturated heterocycles. The average Bonchev–Trinajstić information content (AvgIpc) is 2.85. The van der Waals surface area contributed by atoms with Gasteiger partial charge in [0.25, 0.3) is 0 Å². The zero-order valence-corrected chi connectivity index (χ0v) is 12.9. The molecule has 1 unspecified atom stereocenters. The van der Waals surface area contributed by atoms with Crippen molar-refractivity contribution in [2.24, 2.45) is 0 Å². The van der Waals surface area contributed by atoms with E-state index in [0.717, 1.165) is 30.8 Å². The molecule has 0 spiro atoms. The van der Waals surface area contributed by atoms with Crippen molar-refractivity contribution in [3.63, 3.8) is 0 Å². The van der Waals surface area contributed by atoms with Crippen LogP contribution in [-0.2, 0) is 11.3 Å². The molecule has 1 aliphatic rings. The van der Waals surface area contributed by atoms with Crippen LogP contribution in [0.25, 0.3) is 0 Å². The lowest BCUT2D eigenvalue weighted by Gasteiger charge is -2.22. The molecule has 1 aromatic rings. The molecule has 1 atom stereocenters. The molecule has 116 valence electrons. The third-order valence-electron chi connectivity index (χ3n) is 3.37. The Morgan fingerprint density at radius 1 is 1.48 bits per heavy atom. The van der Waals surface area contributed by atoms with Crippen LogP contribution in [0.3, 0.4) is 0 Å². The van der Waals surface area contributed by atoms with Gasteiger partial charge in [-0.05, 0) is 44.9 Å². The van der Waals surface area contributed by atoms with E-state index < -0.39 is 5.60 Å². The second-order valence-corrected chi connectivity index (χ2v) is 6.41. The Kier molecular flexibility index (Phi) is 4.73. The molecule has 2 rings (SSSR count). The van der Waals surface area contributed by atoms with Crippen LogP contribution in [-0.4, -0.2) is 35.9 Å². The smallest absolute Gasteiger partial charge is 0.407 e. The molecule has 1 heterocycles. The minimum absolute atomic E-state index is 0.0429. The number of rotatable bonds is 3. The number of nitrogens with one attached hydrogen (secondary N) is 1. The summed E-state index contributed by atoms with van der Waals surface area (Å²) < 4.78 is 5.28. The highest BCUT2D eigenvalue weighted by molar-refractivity contribution is 5.68. The third-order valence-corrected chi connectivity index (χ3v) is 3.37. The summed E-state index contributed by atoms with van der Waals surface area (Å²) in [5, 5.41) is 12.1. The quantitative estimate of drug-likeness (QED) is 0.897. The zero-order chi connectivity index (χ0) is 15.5. The lowest BCUT2D eigenvalue weighted by atomic mass is 10.2. The van der Waals surface area contributed by atoms with Gasteiger partial charge in [0, 0.05) is 18.8 Å². The van der Waals surface area contributed by atoms with E-state index in [-0.39, 0.29) is 18.7 Å². The normalized spacial score (nSPS) is 18.7. The molecular formula is C16H24N2O3. The number of hydrogen-bond acceptors (Lipinski definition) is 4. The summed E-state index contributed by atoms with van der Waals surface area (Å²) in [6.07, 6.45) is 0.529. The van der Waals surface area contributed by atoms with Gasteiger partial charge in [0.05, 0.1) is 12.6 Å². The molecular weight excluding hydrogens is 268 g/mol. The van der Waals surface area contributed by atoms with E-state index >= 15 is 0 Å². The summed E-state index contributed by atoms with van der Waals surface area (Å²) in [5.74, 6) is 0. The maximum absolute atomic E-state index is 11.8. The molecule has 2 N–H and O–H groups in total. The van der Waals surface area contributed by atoms with E-state index in [1.165, 1.54) is 0 Å². The number of ether oxygens (including phenoxy) is 1. The second-order valence-electron chi connectivity index (χ2n) is 6.41. The van der Waals surface area contributed by atoms with Crippen molar-refractivity contribution in [2.75, 3.05) is 18.0 Å². The Balaban J connectivity index is 1.90. The van der Waals surface area contributed by atoms with Crippen molar-refractivity contribution < 1.29 is 14.6 Å². The molecule has 0 aromatic heterocycles. The number of carbonyl (C=O) groups is 1. The largest absolute Gasteiger partial charge is 0.444 e. The number of aliphatic hydroxyl groups excluding tert-OH is 1. The molecule has 5 heteroatoms. The number of nitrogens with zero attached hydrogens (tertiary/aromatic N) is 1. The average molecular weight is 292 g/mol. The van der Waals surface area contributed by atoms with E-state index in [1.54, 1.807) is 0 Å². The predicted molar refractivity (Wildman–Crippen MR) is 82.4 cm³/mol. The zero-order valence-electron chi connectivity index (χ0n) is 12.9. The molecule has 0 radical (unpaired) electrons. The van der Waals surface area contributed by atoms with Crippen molar-refractivity contribution in [1.29, 1.82) is 0 Å². The maximum atomic E-state index is 11.8. The first-order valence-electron chi connectivity index (χ1n) is 7.31. The van der Waals surface area contributed by atoms with Crippen LogP contribution in [0, 0.1) is 0 Å². The van der Waals surface area contributed by atoms with Crippen molar-refractivity contribution in [2.45, 2.75) is 45.4 Å². The van der Waals surface area contributed by atoms with Gasteiger partial charge >= 0.3 is 6.09 Å². The molecule has 0 aliphatic carbocycles. The summed E-state index contributed by atoms with van der Waals surface area (Å²) in [6, 6.07) is 7.94. The highest BCUT2D eigenvalue weighted by Crippen LogP contribution is 2.21. The fraction of sp³-hybridized carbons (Fsp3) is 0.562. The molecule has 1 aromatic carbocycles. The van der Waals surface area contributed by atoms with Crippen LogP contribution in [0.1, 0.15) is 32.8 Å². The van der Waals surface area contributed by atoms with Crippen molar-refractivity contribution in [3.05, 3.63) is 29.8 Å². The first-order valence-corrected chi connectivity index (χ1v) is 7.31. The van der Waals surface area contributed by atoms with Gasteiger partial charge in [-0.15, -0.1) is 0 Å². The summed E-state index contributed by atoms with van der Waals surface area (Å²) in [6.45, 7) is 7.25. The fourth-order valence-corrected chi connectivity index (χ4v) is 2.44. The van der Waals surface area contributed by atoms with Crippen molar-refractivity contribution in [1.82, 2.24) is 5.32 Å². The van der Waals surface area contributed by atoms with Gasteiger partial charge in [0.15, 0.2) is 0 Å². The maximum Gasteiger partial charge on any atom is 0.407 e. The Bertz CT molecular complexity index is 497. The van der Waals surface area contributed by atoms with E-state index in [0.29, 0.717) is 0 Å². The number of alkyl carbamates (subject to hydrolysis) is 1. The molecule has 5 nitrogen and oxygen atoms in total. The standard InChI is InChI=1S/C16H24N2O3/c1-16(2,3)21-15(20)17-13-7-8-18(10-13)14-6-4-5-12(9-14)11-19/h4-6,9,13,19H,7-8,10-11H2,1-3H3,(H,17,20). The Morgan fingerprint density at radius 2 is 2.24 bits per heavy atom. The van der Waals surface area contributed by atoms with E-state index in [1.807, 2.05) is 45.0 Å². The monoisotopic (exact) mass is 292 g/mol. The Labute approximate surface area is 125 Å². The SMILES string of the molecule is CC(C)(C)OC(=O)NC1CCN(c2cccc(CO)c2)C1. The topological polar surface area (TPSA) is 61.8 Å². The van der Waals surface area contributed by atoms with Crippen LogP contribution < -0.4 is 10.2 Å². The minimum Gasteiger partial charge on any atom is -0.444 e. The number of benzene rings is 1. The van der Waals surface area contributed by atoms with Gasteiger partial charge in [-0.1, -0.05) is 12.1 Å². The van der Waals surface area contributed by atoms with Gasteiger partial charge in [-0.2, -0.15) is 0 Å². The number of amides is 1. The van der Waals surface area contributed by atoms with Crippen LogP contribution in [0.5, 0.6) is 0 Å². The highest BCUT2D eigenvalue weighted by atomic mass is 16.6. The fourth-order valence-electron chi connectivity index (χ4n) is 2.44. The van der Waals surface area contributed by atoms with E-state index in [4.69, 9.17) is 4.74 Å². The molecule has 1 aliphatic heterocycles. The summed E-state index contributed by atoms with van der Waals surface area (Å²) in [5.41, 5.74) is 1.50. The van der Waals surface area contributed by atoms with Gasteiger partial charge in [-0.3, -0.25) is 0 Å². The molecule has 1 fully saturated rings. The third kappa shape index (κ3) is 4.63. The van der Waals surface area contributed by atoms with Crippen molar-refractivity contribution >= 4 is 11.8 Å². The first kappa shape index (κ1) is 15.6. The number of hydrogen-bond donors (Lipinski definition) is 2. The van der Waals surface area contributed by atoms with Crippen LogP contribution >= 0.6 is 0 Å². The van der Waals surface area contributed by atoms with Crippen LogP contribution in [0.15, 0.2) is 24.3 Å². The second kappa shape index (κ2) is 6.35. The van der Waals surface area contributed by atoms with E-state index in [9.17, 15) is 9.90 Å². The van der Waals surface area contributed by atoms with Gasteiger partial charge < -0.3 is 20.1 Å². The van der Waals surface area contributed by atoms with Gasteiger partial charge in [0.1, 0.15) is 5.60 Å². The van der Waals surface area contributed by atoms with Gasteiger partial charge in [0.2, 0.25) is 0 Å². The minimum atomic E-state index is -0.474. The number of aliphatic hydroxyl groups is 1. The number of carbonyl (C=O) groups excluding carboxylic acids is 1. The van der Waals surface area contributed by atoms with Gasteiger partial charge in [-0.25, -0.2) is 4.79 Å². The predicted octanol–water partition coefficient (Wildman–Crippen LogP) is 2.28. The summed E-state index contributed by atoms with van der Waals surface area (Å²) >= 11 is 0.